The van der Waals surface area contributed by atoms with Crippen LogP contribution in [0.1, 0.15) is 17.8 Å². The Morgan fingerprint density at radius 1 is 1.61 bits per heavy atom. The van der Waals surface area contributed by atoms with Crippen molar-refractivity contribution in [3.8, 4) is 0 Å². The summed E-state index contributed by atoms with van der Waals surface area (Å²) in [5, 5.41) is 4.30. The summed E-state index contributed by atoms with van der Waals surface area (Å²) in [7, 11) is 3.21. The summed E-state index contributed by atoms with van der Waals surface area (Å²) >= 11 is 0. The molecule has 0 aliphatic carbocycles. The highest BCUT2D eigenvalue weighted by molar-refractivity contribution is 5.86. The predicted molar refractivity (Wildman–Crippen MR) is 63.5 cm³/mol. The van der Waals surface area contributed by atoms with Crippen molar-refractivity contribution in [2.75, 3.05) is 13.7 Å². The van der Waals surface area contributed by atoms with Crippen LogP contribution in [0.2, 0.25) is 0 Å². The number of carbonyl (C=O) groups is 2. The number of carbonyl (C=O) groups excluding carboxylic acids is 2. The summed E-state index contributed by atoms with van der Waals surface area (Å²) in [5.41, 5.74) is 1.88. The van der Waals surface area contributed by atoms with E-state index >= 15 is 0 Å². The fourth-order valence-electron chi connectivity index (χ4n) is 2.16. The third kappa shape index (κ3) is 2.37. The Morgan fingerprint density at radius 2 is 2.33 bits per heavy atom. The van der Waals surface area contributed by atoms with Crippen LogP contribution in [0.25, 0.3) is 0 Å². The van der Waals surface area contributed by atoms with Crippen LogP contribution in [0.15, 0.2) is 6.07 Å². The van der Waals surface area contributed by atoms with Crippen molar-refractivity contribution in [2.45, 2.75) is 19.9 Å². The third-order valence-electron chi connectivity index (χ3n) is 3.27. The van der Waals surface area contributed by atoms with Crippen molar-refractivity contribution in [1.82, 2.24) is 14.7 Å². The van der Waals surface area contributed by atoms with Gasteiger partial charge in [0.15, 0.2) is 0 Å². The van der Waals surface area contributed by atoms with Gasteiger partial charge in [-0.15, -0.1) is 0 Å². The molecule has 1 saturated heterocycles. The molecule has 2 rings (SSSR count). The van der Waals surface area contributed by atoms with Crippen LogP contribution in [0.5, 0.6) is 0 Å². The van der Waals surface area contributed by atoms with Crippen LogP contribution in [-0.4, -0.2) is 40.2 Å². The Labute approximate surface area is 106 Å². The Hall–Kier alpha value is -1.85. The number of nitrogens with zero attached hydrogens (tertiary/aromatic N) is 3. The van der Waals surface area contributed by atoms with Crippen LogP contribution in [0.4, 0.5) is 0 Å². The van der Waals surface area contributed by atoms with Crippen molar-refractivity contribution in [3.63, 3.8) is 0 Å². The minimum Gasteiger partial charge on any atom is -0.469 e. The molecule has 1 aliphatic rings. The van der Waals surface area contributed by atoms with Gasteiger partial charge in [0.1, 0.15) is 0 Å². The maximum absolute atomic E-state index is 11.8. The first-order valence-electron chi connectivity index (χ1n) is 5.86. The van der Waals surface area contributed by atoms with Gasteiger partial charge in [0.25, 0.3) is 0 Å². The Bertz CT molecular complexity index is 461. The average Bonchev–Trinajstić information content (AvgIpc) is 2.83. The topological polar surface area (TPSA) is 64.4 Å². The molecule has 0 spiro atoms. The quantitative estimate of drug-likeness (QED) is 0.722. The molecule has 1 amide bonds. The second kappa shape index (κ2) is 4.80. The second-order valence-corrected chi connectivity index (χ2v) is 4.60. The van der Waals surface area contributed by atoms with Gasteiger partial charge in [-0.3, -0.25) is 14.3 Å². The maximum atomic E-state index is 11.8. The second-order valence-electron chi connectivity index (χ2n) is 4.60. The molecule has 1 aliphatic heterocycles. The Balaban J connectivity index is 2.02. The number of hydrogen-bond donors (Lipinski definition) is 0. The number of methoxy groups -OCH3 is 1. The van der Waals surface area contributed by atoms with Gasteiger partial charge in [-0.2, -0.15) is 5.10 Å². The van der Waals surface area contributed by atoms with E-state index in [2.05, 4.69) is 9.84 Å². The standard InChI is InChI=1S/C12H17N3O3/c1-8-4-10(13-14(8)2)7-15-6-9(5-11(15)16)12(17)18-3/h4,9H,5-7H2,1-3H3. The molecular weight excluding hydrogens is 234 g/mol. The molecule has 2 heterocycles. The van der Waals surface area contributed by atoms with E-state index in [0.29, 0.717) is 13.1 Å². The van der Waals surface area contributed by atoms with E-state index < -0.39 is 0 Å². The van der Waals surface area contributed by atoms with Crippen LogP contribution >= 0.6 is 0 Å². The van der Waals surface area contributed by atoms with E-state index in [1.807, 2.05) is 20.0 Å². The molecule has 1 aromatic rings. The highest BCUT2D eigenvalue weighted by Crippen LogP contribution is 2.21. The molecule has 1 fully saturated rings. The van der Waals surface area contributed by atoms with Crippen molar-refractivity contribution < 1.29 is 14.3 Å². The first kappa shape index (κ1) is 12.6. The summed E-state index contributed by atoms with van der Waals surface area (Å²) in [6.45, 7) is 2.83. The molecule has 98 valence electrons. The SMILES string of the molecule is COC(=O)C1CC(=O)N(Cc2cc(C)n(C)n2)C1. The number of rotatable bonds is 3. The fraction of sp³-hybridized carbons (Fsp3) is 0.583. The summed E-state index contributed by atoms with van der Waals surface area (Å²) in [5.74, 6) is -0.677. The van der Waals surface area contributed by atoms with Gasteiger partial charge >= 0.3 is 5.97 Å². The molecule has 6 heteroatoms. The highest BCUT2D eigenvalue weighted by Gasteiger charge is 2.35. The van der Waals surface area contributed by atoms with Gasteiger partial charge < -0.3 is 9.64 Å². The van der Waals surface area contributed by atoms with Gasteiger partial charge in [0, 0.05) is 25.7 Å². The lowest BCUT2D eigenvalue weighted by Gasteiger charge is -2.14. The molecule has 6 nitrogen and oxygen atoms in total. The zero-order valence-electron chi connectivity index (χ0n) is 10.8. The number of aryl methyl sites for hydroxylation is 2. The number of amides is 1. The average molecular weight is 251 g/mol. The highest BCUT2D eigenvalue weighted by atomic mass is 16.5. The zero-order chi connectivity index (χ0) is 13.3. The zero-order valence-corrected chi connectivity index (χ0v) is 10.8. The Morgan fingerprint density at radius 3 is 2.89 bits per heavy atom. The predicted octanol–water partition coefficient (Wildman–Crippen LogP) is 0.250. The van der Waals surface area contributed by atoms with E-state index in [1.54, 1.807) is 9.58 Å². The summed E-state index contributed by atoms with van der Waals surface area (Å²) < 4.78 is 6.44. The minimum absolute atomic E-state index is 0.0197. The van der Waals surface area contributed by atoms with Gasteiger partial charge in [-0.1, -0.05) is 0 Å². The number of ether oxygens (including phenoxy) is 1. The van der Waals surface area contributed by atoms with Crippen LogP contribution in [0, 0.1) is 12.8 Å². The third-order valence-corrected chi connectivity index (χ3v) is 3.27. The number of likely N-dealkylation sites (tertiary alicyclic amines) is 1. The van der Waals surface area contributed by atoms with Crippen molar-refractivity contribution in [1.29, 1.82) is 0 Å². The van der Waals surface area contributed by atoms with Crippen LogP contribution < -0.4 is 0 Å². The van der Waals surface area contributed by atoms with Crippen LogP contribution in [0.3, 0.4) is 0 Å². The lowest BCUT2D eigenvalue weighted by Crippen LogP contribution is -2.26. The molecule has 1 unspecified atom stereocenters. The van der Waals surface area contributed by atoms with Crippen molar-refractivity contribution >= 4 is 11.9 Å². The molecule has 1 atom stereocenters. The van der Waals surface area contributed by atoms with Gasteiger partial charge in [0.05, 0.1) is 25.3 Å². The normalized spacial score (nSPS) is 19.4. The van der Waals surface area contributed by atoms with Crippen molar-refractivity contribution in [2.24, 2.45) is 13.0 Å². The van der Waals surface area contributed by atoms with Gasteiger partial charge in [0.2, 0.25) is 5.91 Å². The molecule has 0 radical (unpaired) electrons. The molecule has 0 bridgehead atoms. The molecule has 1 aromatic heterocycles. The van der Waals surface area contributed by atoms with Crippen LogP contribution in [-0.2, 0) is 27.9 Å². The maximum Gasteiger partial charge on any atom is 0.310 e. The largest absolute Gasteiger partial charge is 0.469 e. The lowest BCUT2D eigenvalue weighted by atomic mass is 10.1. The van der Waals surface area contributed by atoms with Gasteiger partial charge in [-0.05, 0) is 13.0 Å². The number of esters is 1. The first-order valence-corrected chi connectivity index (χ1v) is 5.86. The van der Waals surface area contributed by atoms with Gasteiger partial charge in [-0.25, -0.2) is 0 Å². The lowest BCUT2D eigenvalue weighted by molar-refractivity contribution is -0.145. The fourth-order valence-corrected chi connectivity index (χ4v) is 2.16. The van der Waals surface area contributed by atoms with E-state index in [-0.39, 0.29) is 24.2 Å². The monoisotopic (exact) mass is 251 g/mol. The molecule has 0 saturated carbocycles. The summed E-state index contributed by atoms with van der Waals surface area (Å²) in [6.07, 6.45) is 0.235. The molecular formula is C12H17N3O3. The first-order chi connectivity index (χ1) is 8.51. The molecule has 0 N–H and O–H groups in total. The minimum atomic E-state index is -0.340. The number of hydrogen-bond acceptors (Lipinski definition) is 4. The molecule has 0 aromatic carbocycles. The smallest absolute Gasteiger partial charge is 0.310 e. The van der Waals surface area contributed by atoms with E-state index in [0.717, 1.165) is 11.4 Å². The number of aromatic nitrogens is 2. The summed E-state index contributed by atoms with van der Waals surface area (Å²) in [6, 6.07) is 1.94. The van der Waals surface area contributed by atoms with E-state index in [9.17, 15) is 9.59 Å². The van der Waals surface area contributed by atoms with Crippen molar-refractivity contribution in [3.05, 3.63) is 17.5 Å². The molecule has 18 heavy (non-hydrogen) atoms. The Kier molecular flexibility index (Phi) is 3.36. The van der Waals surface area contributed by atoms with E-state index in [1.165, 1.54) is 7.11 Å². The summed E-state index contributed by atoms with van der Waals surface area (Å²) in [4.78, 5) is 24.8. The van der Waals surface area contributed by atoms with E-state index in [4.69, 9.17) is 0 Å².